The van der Waals surface area contributed by atoms with Gasteiger partial charge in [-0.05, 0) is 29.0 Å². The third-order valence-corrected chi connectivity index (χ3v) is 3.37. The second-order valence-electron chi connectivity index (χ2n) is 5.43. The second-order valence-corrected chi connectivity index (χ2v) is 5.43. The molecule has 0 saturated heterocycles. The Morgan fingerprint density at radius 2 is 0.375 bits per heavy atom. The van der Waals surface area contributed by atoms with Crippen LogP contribution in [0.2, 0.25) is 0 Å². The molecule has 5 aromatic rings. The molecular weight excluding hydrogens is 679 g/mol. The smallest absolute Gasteiger partial charge is 0.115 e. The fourth-order valence-corrected chi connectivity index (χ4v) is 2.08. The first-order valence-corrected chi connectivity index (χ1v) is 23.0. The van der Waals surface area contributed by atoms with Crippen molar-refractivity contribution in [2.75, 3.05) is 0 Å². The lowest BCUT2D eigenvalue weighted by molar-refractivity contribution is 1.17. The maximum atomic E-state index is 3.78. The summed E-state index contributed by atoms with van der Waals surface area (Å²) in [6.45, 7) is 56.0. The number of aromatic nitrogens is 3. The molecule has 334 valence electrons. The third kappa shape index (κ3) is 117. The summed E-state index contributed by atoms with van der Waals surface area (Å²) in [5.41, 5.74) is 0. The Morgan fingerprint density at radius 1 is 0.196 bits per heavy atom. The lowest BCUT2D eigenvalue weighted by atomic mass is 10.1. The highest BCUT2D eigenvalue weighted by Crippen LogP contribution is 2.11. The Balaban J connectivity index is -0.0000000336. The molecule has 0 N–H and O–H groups in total. The Morgan fingerprint density at radius 3 is 0.482 bits per heavy atom. The van der Waals surface area contributed by atoms with Gasteiger partial charge in [-0.3, -0.25) is 4.98 Å². The summed E-state index contributed by atoms with van der Waals surface area (Å²) in [7, 11) is 0. The summed E-state index contributed by atoms with van der Waals surface area (Å²) in [5, 5.41) is 2.62. The summed E-state index contributed by atoms with van der Waals surface area (Å²) >= 11 is 0. The number of nitrogens with zero attached hydrogens (tertiary/aromatic N) is 3. The van der Waals surface area contributed by atoms with Crippen LogP contribution in [0.1, 0.15) is 194 Å². The molecule has 0 aliphatic heterocycles. The molecule has 0 unspecified atom stereocenters. The van der Waals surface area contributed by atoms with E-state index in [0.717, 1.165) is 0 Å². The number of rotatable bonds is 0. The average molecular weight is 786 g/mol. The largest absolute Gasteiger partial charge is 0.265 e. The number of fused-ring (bicyclic) bond motifs is 1. The van der Waals surface area contributed by atoms with E-state index in [9.17, 15) is 0 Å². The monoisotopic (exact) mass is 786 g/mol. The van der Waals surface area contributed by atoms with Gasteiger partial charge in [0.1, 0.15) is 6.33 Å². The zero-order chi connectivity index (χ0) is 47.5. The van der Waals surface area contributed by atoms with Gasteiger partial charge in [0.05, 0.1) is 0 Å². The highest BCUT2D eigenvalue weighted by molar-refractivity contribution is 5.82. The summed E-state index contributed by atoms with van der Waals surface area (Å²) in [5.74, 6) is 0. The molecule has 0 atom stereocenters. The van der Waals surface area contributed by atoms with Gasteiger partial charge in [-0.15, -0.1) is 0 Å². The van der Waals surface area contributed by atoms with E-state index in [1.54, 1.807) is 30.9 Å². The molecule has 3 heteroatoms. The van der Waals surface area contributed by atoms with Gasteiger partial charge in [0.25, 0.3) is 0 Å². The van der Waals surface area contributed by atoms with Crippen molar-refractivity contribution in [2.24, 2.45) is 0 Å². The van der Waals surface area contributed by atoms with Gasteiger partial charge in [-0.2, -0.15) is 0 Å². The van der Waals surface area contributed by atoms with Crippen molar-refractivity contribution in [3.05, 3.63) is 140 Å². The predicted molar refractivity (Wildman–Crippen MR) is 276 cm³/mol. The summed E-state index contributed by atoms with van der Waals surface area (Å²) in [4.78, 5) is 11.1. The van der Waals surface area contributed by atoms with Crippen molar-refractivity contribution < 1.29 is 0 Å². The summed E-state index contributed by atoms with van der Waals surface area (Å²) in [6.07, 6.45) is 8.38. The first kappa shape index (κ1) is 89.0. The SMILES string of the molecule is CC.CC.CC.CC.CC.CC.CC.CC.CC.CC.CC.CC.CC.CC.c1ccc2ccccc2c1.c1ccccc1.c1ccncc1.c1cncnc1. The Hall–Kier alpha value is -3.85. The molecule has 5 rings (SSSR count). The lowest BCUT2D eigenvalue weighted by Crippen LogP contribution is -1.67. The molecule has 0 aliphatic carbocycles. The fourth-order valence-electron chi connectivity index (χ4n) is 2.08. The zero-order valence-electron chi connectivity index (χ0n) is 43.6. The van der Waals surface area contributed by atoms with Crippen molar-refractivity contribution in [2.45, 2.75) is 194 Å². The molecule has 2 aromatic heterocycles. The van der Waals surface area contributed by atoms with Crippen molar-refractivity contribution in [1.82, 2.24) is 15.0 Å². The molecule has 3 nitrogen and oxygen atoms in total. The van der Waals surface area contributed by atoms with Gasteiger partial charge in [0.2, 0.25) is 0 Å². The minimum atomic E-state index is 1.31. The highest BCUT2D eigenvalue weighted by Gasteiger charge is 1.85. The third-order valence-electron chi connectivity index (χ3n) is 3.37. The van der Waals surface area contributed by atoms with E-state index in [4.69, 9.17) is 0 Å². The van der Waals surface area contributed by atoms with Crippen LogP contribution in [-0.4, -0.2) is 15.0 Å². The zero-order valence-corrected chi connectivity index (χ0v) is 43.6. The number of hydrogen-bond donors (Lipinski definition) is 0. The molecule has 0 fully saturated rings. The molecule has 0 bridgehead atoms. The van der Waals surface area contributed by atoms with E-state index >= 15 is 0 Å². The van der Waals surface area contributed by atoms with Crippen LogP contribution in [0, 0.1) is 0 Å². The van der Waals surface area contributed by atoms with Gasteiger partial charge in [0, 0.05) is 24.8 Å². The minimum absolute atomic E-state index is 1.31. The normalized spacial score (nSPS) is 5.86. The molecule has 0 spiro atoms. The van der Waals surface area contributed by atoms with Crippen LogP contribution in [0.15, 0.2) is 140 Å². The first-order valence-electron chi connectivity index (χ1n) is 23.0. The van der Waals surface area contributed by atoms with Crippen molar-refractivity contribution >= 4 is 10.8 Å². The predicted octanol–water partition coefficient (Wildman–Crippen LogP) is 20.5. The van der Waals surface area contributed by atoms with Crippen molar-refractivity contribution in [3.63, 3.8) is 0 Å². The summed E-state index contributed by atoms with van der Waals surface area (Å²) < 4.78 is 0. The topological polar surface area (TPSA) is 38.7 Å². The Labute approximate surface area is 358 Å². The standard InChI is InChI=1S/C10H8.C6H6.C5H5N.C4H4N2.14C2H6/c1-2-6-10-8-4-3-7-9(10)5-1;2*1-2-4-6-5-3-1;1-2-5-4-6-3-1;14*1-2/h1-8H;1-6H;1-5H;1-4H;14*1-2H3. The molecule has 56 heavy (non-hydrogen) atoms. The molecular formula is C53H107N3. The first-order chi connectivity index (χ1) is 28.0. The van der Waals surface area contributed by atoms with Crippen LogP contribution < -0.4 is 0 Å². The van der Waals surface area contributed by atoms with E-state index in [1.165, 1.54) is 17.1 Å². The molecule has 0 amide bonds. The van der Waals surface area contributed by atoms with E-state index in [0.29, 0.717) is 0 Å². The molecule has 0 aliphatic rings. The lowest BCUT2D eigenvalue weighted by Gasteiger charge is -1.92. The van der Waals surface area contributed by atoms with E-state index in [-0.39, 0.29) is 0 Å². The summed E-state index contributed by atoms with van der Waals surface area (Å²) in [6, 6.07) is 36.2. The van der Waals surface area contributed by atoms with Gasteiger partial charge in [-0.25, -0.2) is 9.97 Å². The van der Waals surface area contributed by atoms with Crippen LogP contribution in [0.5, 0.6) is 0 Å². The number of benzene rings is 3. The number of hydrogen-bond acceptors (Lipinski definition) is 3. The maximum absolute atomic E-state index is 3.78. The molecule has 0 saturated carbocycles. The van der Waals surface area contributed by atoms with Crippen LogP contribution in [0.25, 0.3) is 10.8 Å². The van der Waals surface area contributed by atoms with Crippen molar-refractivity contribution in [3.8, 4) is 0 Å². The van der Waals surface area contributed by atoms with E-state index in [2.05, 4.69) is 63.5 Å². The minimum Gasteiger partial charge on any atom is -0.265 e. The molecule has 3 aromatic carbocycles. The Bertz CT molecular complexity index is 742. The average Bonchev–Trinajstić information content (AvgIpc) is 3.40. The van der Waals surface area contributed by atoms with Gasteiger partial charge in [0.15, 0.2) is 0 Å². The van der Waals surface area contributed by atoms with E-state index in [1.807, 2.05) is 248 Å². The second kappa shape index (κ2) is 162. The van der Waals surface area contributed by atoms with Gasteiger partial charge >= 0.3 is 0 Å². The van der Waals surface area contributed by atoms with Gasteiger partial charge < -0.3 is 0 Å². The Kier molecular flexibility index (Phi) is 258. The maximum Gasteiger partial charge on any atom is 0.115 e. The van der Waals surface area contributed by atoms with Crippen LogP contribution >= 0.6 is 0 Å². The van der Waals surface area contributed by atoms with Crippen LogP contribution in [0.4, 0.5) is 0 Å². The quantitative estimate of drug-likeness (QED) is 0.157. The van der Waals surface area contributed by atoms with Crippen LogP contribution in [0.3, 0.4) is 0 Å². The number of pyridine rings is 1. The highest BCUT2D eigenvalue weighted by atomic mass is 14.8. The van der Waals surface area contributed by atoms with Crippen molar-refractivity contribution in [1.29, 1.82) is 0 Å². The fraction of sp³-hybridized carbons (Fsp3) is 0.528. The molecule has 2 heterocycles. The van der Waals surface area contributed by atoms with Gasteiger partial charge in [-0.1, -0.05) is 285 Å². The van der Waals surface area contributed by atoms with E-state index < -0.39 is 0 Å². The molecule has 0 radical (unpaired) electrons. The van der Waals surface area contributed by atoms with Crippen LogP contribution in [-0.2, 0) is 0 Å².